The summed E-state index contributed by atoms with van der Waals surface area (Å²) in [5.74, 6) is -0.271. The van der Waals surface area contributed by atoms with Crippen LogP contribution in [-0.2, 0) is 0 Å². The van der Waals surface area contributed by atoms with Crippen molar-refractivity contribution in [1.82, 2.24) is 19.9 Å². The fourth-order valence-corrected chi connectivity index (χ4v) is 3.52. The quantitative estimate of drug-likeness (QED) is 0.916. The minimum Gasteiger partial charge on any atom is -0.478 e. The molecule has 2 fully saturated rings. The second kappa shape index (κ2) is 6.16. The summed E-state index contributed by atoms with van der Waals surface area (Å²) in [5, 5.41) is 9.13. The highest BCUT2D eigenvalue weighted by Gasteiger charge is 2.31. The molecule has 0 saturated carbocycles. The van der Waals surface area contributed by atoms with Gasteiger partial charge in [-0.3, -0.25) is 9.88 Å². The second-order valence-corrected chi connectivity index (χ2v) is 6.25. The lowest BCUT2D eigenvalue weighted by molar-refractivity contribution is 0.0697. The van der Waals surface area contributed by atoms with Crippen molar-refractivity contribution in [3.63, 3.8) is 0 Å². The van der Waals surface area contributed by atoms with Crippen LogP contribution in [0.25, 0.3) is 11.4 Å². The molecule has 0 amide bonds. The molecule has 1 atom stereocenters. The Hall–Kier alpha value is -2.54. The van der Waals surface area contributed by atoms with Crippen LogP contribution in [0.4, 0.5) is 5.95 Å². The molecule has 7 nitrogen and oxygen atoms in total. The number of aromatic carboxylic acids is 1. The molecule has 124 valence electrons. The van der Waals surface area contributed by atoms with Gasteiger partial charge in [0.05, 0.1) is 17.0 Å². The fraction of sp³-hybridized carbons (Fsp3) is 0.412. The van der Waals surface area contributed by atoms with E-state index in [1.54, 1.807) is 18.3 Å². The van der Waals surface area contributed by atoms with Crippen LogP contribution in [0.1, 0.15) is 23.2 Å². The summed E-state index contributed by atoms with van der Waals surface area (Å²) in [6.45, 7) is 4.12. The predicted molar refractivity (Wildman–Crippen MR) is 89.0 cm³/mol. The number of carboxylic acids is 1. The van der Waals surface area contributed by atoms with E-state index in [-0.39, 0.29) is 5.56 Å². The summed E-state index contributed by atoms with van der Waals surface area (Å²) >= 11 is 0. The van der Waals surface area contributed by atoms with Crippen LogP contribution in [0.5, 0.6) is 0 Å². The monoisotopic (exact) mass is 325 g/mol. The SMILES string of the molecule is O=C(O)c1ccnc(-c2ccnc(N3CCN4CCC[C@@H]4C3)n2)c1. The zero-order valence-electron chi connectivity index (χ0n) is 13.3. The minimum atomic E-state index is -0.967. The highest BCUT2D eigenvalue weighted by atomic mass is 16.4. The van der Waals surface area contributed by atoms with Crippen molar-refractivity contribution in [3.05, 3.63) is 36.2 Å². The molecule has 2 aromatic heterocycles. The third-order valence-electron chi connectivity index (χ3n) is 4.78. The maximum atomic E-state index is 11.1. The summed E-state index contributed by atoms with van der Waals surface area (Å²) < 4.78 is 0. The highest BCUT2D eigenvalue weighted by Crippen LogP contribution is 2.24. The van der Waals surface area contributed by atoms with Gasteiger partial charge < -0.3 is 10.0 Å². The molecular weight excluding hydrogens is 306 g/mol. The molecule has 7 heteroatoms. The molecule has 0 aliphatic carbocycles. The molecule has 0 radical (unpaired) electrons. The Morgan fingerprint density at radius 1 is 1.12 bits per heavy atom. The van der Waals surface area contributed by atoms with Gasteiger partial charge in [-0.15, -0.1) is 0 Å². The number of hydrogen-bond donors (Lipinski definition) is 1. The van der Waals surface area contributed by atoms with Crippen molar-refractivity contribution in [2.75, 3.05) is 31.1 Å². The van der Waals surface area contributed by atoms with E-state index in [1.807, 2.05) is 0 Å². The summed E-state index contributed by atoms with van der Waals surface area (Å²) in [4.78, 5) is 29.2. The Bertz CT molecular complexity index is 766. The van der Waals surface area contributed by atoms with E-state index in [2.05, 4.69) is 24.8 Å². The van der Waals surface area contributed by atoms with Gasteiger partial charge in [0.25, 0.3) is 0 Å². The molecule has 0 bridgehead atoms. The first-order chi connectivity index (χ1) is 11.7. The normalized spacial score (nSPS) is 20.8. The van der Waals surface area contributed by atoms with Crippen LogP contribution in [0.2, 0.25) is 0 Å². The number of rotatable bonds is 3. The molecule has 2 aliphatic heterocycles. The van der Waals surface area contributed by atoms with Gasteiger partial charge in [0.2, 0.25) is 5.95 Å². The van der Waals surface area contributed by atoms with Gasteiger partial charge in [-0.2, -0.15) is 0 Å². The van der Waals surface area contributed by atoms with Crippen LogP contribution in [0, 0.1) is 0 Å². The number of nitrogens with zero attached hydrogens (tertiary/aromatic N) is 5. The number of carboxylic acid groups (broad SMARTS) is 1. The Morgan fingerprint density at radius 2 is 2.00 bits per heavy atom. The lowest BCUT2D eigenvalue weighted by Crippen LogP contribution is -2.50. The van der Waals surface area contributed by atoms with Crippen molar-refractivity contribution in [1.29, 1.82) is 0 Å². The van der Waals surface area contributed by atoms with Gasteiger partial charge in [0, 0.05) is 38.1 Å². The molecule has 2 saturated heterocycles. The van der Waals surface area contributed by atoms with E-state index in [0.29, 0.717) is 23.4 Å². The van der Waals surface area contributed by atoms with Gasteiger partial charge in [-0.1, -0.05) is 0 Å². The van der Waals surface area contributed by atoms with Crippen molar-refractivity contribution >= 4 is 11.9 Å². The van der Waals surface area contributed by atoms with E-state index in [9.17, 15) is 4.79 Å². The zero-order chi connectivity index (χ0) is 16.5. The number of carbonyl (C=O) groups is 1. The Morgan fingerprint density at radius 3 is 2.88 bits per heavy atom. The lowest BCUT2D eigenvalue weighted by Gasteiger charge is -2.37. The summed E-state index contributed by atoms with van der Waals surface area (Å²) in [6.07, 6.45) is 5.72. The number of anilines is 1. The van der Waals surface area contributed by atoms with E-state index < -0.39 is 5.97 Å². The molecule has 4 heterocycles. The predicted octanol–water partition coefficient (Wildman–Crippen LogP) is 1.52. The third kappa shape index (κ3) is 2.82. The van der Waals surface area contributed by atoms with Crippen LogP contribution in [0.15, 0.2) is 30.6 Å². The van der Waals surface area contributed by atoms with Crippen molar-refractivity contribution in [2.45, 2.75) is 18.9 Å². The number of fused-ring (bicyclic) bond motifs is 1. The molecule has 24 heavy (non-hydrogen) atoms. The summed E-state index contributed by atoms with van der Waals surface area (Å²) in [6, 6.07) is 5.39. The van der Waals surface area contributed by atoms with Crippen LogP contribution in [-0.4, -0.2) is 63.1 Å². The molecule has 0 aromatic carbocycles. The van der Waals surface area contributed by atoms with Gasteiger partial charge in [0.15, 0.2) is 0 Å². The van der Waals surface area contributed by atoms with Gasteiger partial charge >= 0.3 is 5.97 Å². The van der Waals surface area contributed by atoms with Crippen molar-refractivity contribution in [3.8, 4) is 11.4 Å². The molecular formula is C17H19N5O2. The topological polar surface area (TPSA) is 82.4 Å². The first kappa shape index (κ1) is 15.0. The molecule has 1 N–H and O–H groups in total. The Balaban J connectivity index is 1.60. The molecule has 0 spiro atoms. The van der Waals surface area contributed by atoms with Crippen LogP contribution >= 0.6 is 0 Å². The average molecular weight is 325 g/mol. The van der Waals surface area contributed by atoms with Gasteiger partial charge in [-0.05, 0) is 37.6 Å². The zero-order valence-corrected chi connectivity index (χ0v) is 13.3. The fourth-order valence-electron chi connectivity index (χ4n) is 3.52. The number of pyridine rings is 1. The number of piperazine rings is 1. The molecule has 2 aliphatic rings. The van der Waals surface area contributed by atoms with Gasteiger partial charge in [0.1, 0.15) is 0 Å². The van der Waals surface area contributed by atoms with Crippen LogP contribution < -0.4 is 4.90 Å². The second-order valence-electron chi connectivity index (χ2n) is 6.25. The number of hydrogen-bond acceptors (Lipinski definition) is 6. The molecule has 2 aromatic rings. The average Bonchev–Trinajstić information content (AvgIpc) is 3.09. The Labute approximate surface area is 140 Å². The molecule has 0 unspecified atom stereocenters. The third-order valence-corrected chi connectivity index (χ3v) is 4.78. The summed E-state index contributed by atoms with van der Waals surface area (Å²) in [7, 11) is 0. The van der Waals surface area contributed by atoms with E-state index in [4.69, 9.17) is 5.11 Å². The van der Waals surface area contributed by atoms with E-state index in [0.717, 1.165) is 19.6 Å². The standard InChI is InChI=1S/C17H19N5O2/c23-16(24)12-3-5-18-15(10-12)14-4-6-19-17(20-14)22-9-8-21-7-1-2-13(21)11-22/h3-6,10,13H,1-2,7-9,11H2,(H,23,24)/t13-/m1/s1. The van der Waals surface area contributed by atoms with E-state index in [1.165, 1.54) is 31.6 Å². The highest BCUT2D eigenvalue weighted by molar-refractivity contribution is 5.88. The first-order valence-corrected chi connectivity index (χ1v) is 8.22. The van der Waals surface area contributed by atoms with Gasteiger partial charge in [-0.25, -0.2) is 14.8 Å². The van der Waals surface area contributed by atoms with Crippen LogP contribution in [0.3, 0.4) is 0 Å². The summed E-state index contributed by atoms with van der Waals surface area (Å²) in [5.41, 5.74) is 1.41. The number of aromatic nitrogens is 3. The van der Waals surface area contributed by atoms with Crippen molar-refractivity contribution in [2.24, 2.45) is 0 Å². The maximum Gasteiger partial charge on any atom is 0.335 e. The molecule has 4 rings (SSSR count). The maximum absolute atomic E-state index is 11.1. The lowest BCUT2D eigenvalue weighted by atomic mass is 10.1. The van der Waals surface area contributed by atoms with E-state index >= 15 is 0 Å². The largest absolute Gasteiger partial charge is 0.478 e. The minimum absolute atomic E-state index is 0.208. The Kier molecular flexibility index (Phi) is 3.86. The smallest absolute Gasteiger partial charge is 0.335 e. The first-order valence-electron chi connectivity index (χ1n) is 8.22. The van der Waals surface area contributed by atoms with Crippen molar-refractivity contribution < 1.29 is 9.90 Å².